The highest BCUT2D eigenvalue weighted by Gasteiger charge is 2.23. The highest BCUT2D eigenvalue weighted by molar-refractivity contribution is 5.89. The number of methoxy groups -OCH3 is 1. The Bertz CT molecular complexity index is 1070. The summed E-state index contributed by atoms with van der Waals surface area (Å²) >= 11 is 0. The van der Waals surface area contributed by atoms with Gasteiger partial charge in [-0.1, -0.05) is 19.1 Å². The minimum Gasteiger partial charge on any atom is -0.497 e. The third-order valence-electron chi connectivity index (χ3n) is 4.66. The summed E-state index contributed by atoms with van der Waals surface area (Å²) in [7, 11) is 1.53. The molecule has 0 fully saturated rings. The Morgan fingerprint density at radius 3 is 2.57 bits per heavy atom. The average Bonchev–Trinajstić information content (AvgIpc) is 2.76. The Balaban J connectivity index is 2.29. The molecule has 1 heterocycles. The molecule has 0 saturated heterocycles. The zero-order valence-electron chi connectivity index (χ0n) is 16.9. The third kappa shape index (κ3) is 4.30. The Hall–Kier alpha value is -2.94. The zero-order valence-corrected chi connectivity index (χ0v) is 16.9. The molecule has 0 amide bonds. The summed E-state index contributed by atoms with van der Waals surface area (Å²) in [5.74, 6) is 0.231. The number of ether oxygens (including phenoxy) is 2. The summed E-state index contributed by atoms with van der Waals surface area (Å²) in [6.07, 6.45) is -0.561. The van der Waals surface area contributed by atoms with E-state index < -0.39 is 17.5 Å². The molecule has 0 saturated carbocycles. The normalized spacial score (nSPS) is 12.2. The Labute approximate surface area is 173 Å². The Kier molecular flexibility index (Phi) is 7.04. The maximum atomic E-state index is 14.7. The Morgan fingerprint density at radius 2 is 1.93 bits per heavy atom. The maximum absolute atomic E-state index is 14.7. The summed E-state index contributed by atoms with van der Waals surface area (Å²) < 4.78 is 25.5. The number of benzene rings is 2. The van der Waals surface area contributed by atoms with Crippen molar-refractivity contribution < 1.29 is 24.1 Å². The Morgan fingerprint density at radius 1 is 1.20 bits per heavy atom. The third-order valence-corrected chi connectivity index (χ3v) is 4.66. The fraction of sp³-hybridized carbons (Fsp3) is 0.318. The lowest BCUT2D eigenvalue weighted by atomic mass is 9.99. The number of H-pyrrole nitrogens is 1. The number of fused-ring (bicyclic) bond motifs is 1. The van der Waals surface area contributed by atoms with Gasteiger partial charge in [-0.05, 0) is 36.2 Å². The second-order valence-corrected chi connectivity index (χ2v) is 6.70. The molecule has 0 bridgehead atoms. The molecule has 3 rings (SSSR count). The quantitative estimate of drug-likeness (QED) is 0.400. The van der Waals surface area contributed by atoms with Crippen LogP contribution in [0.25, 0.3) is 22.0 Å². The van der Waals surface area contributed by atoms with Gasteiger partial charge in [0, 0.05) is 6.54 Å². The lowest BCUT2D eigenvalue weighted by molar-refractivity contribution is 0.126. The highest BCUT2D eigenvalue weighted by atomic mass is 19.1. The molecule has 0 spiro atoms. The molecule has 4 N–H and O–H groups in total. The molecule has 3 aromatic rings. The average molecular weight is 416 g/mol. The van der Waals surface area contributed by atoms with Gasteiger partial charge in [0.1, 0.15) is 23.5 Å². The van der Waals surface area contributed by atoms with Crippen LogP contribution in [0.3, 0.4) is 0 Å². The summed E-state index contributed by atoms with van der Waals surface area (Å²) in [5, 5.41) is 22.3. The van der Waals surface area contributed by atoms with Gasteiger partial charge in [0.25, 0.3) is 0 Å². The van der Waals surface area contributed by atoms with E-state index in [1.165, 1.54) is 19.2 Å². The van der Waals surface area contributed by atoms with Gasteiger partial charge in [-0.2, -0.15) is 0 Å². The van der Waals surface area contributed by atoms with Gasteiger partial charge >= 0.3 is 0 Å². The van der Waals surface area contributed by atoms with E-state index >= 15 is 0 Å². The van der Waals surface area contributed by atoms with Crippen molar-refractivity contribution in [1.29, 1.82) is 0 Å². The summed E-state index contributed by atoms with van der Waals surface area (Å²) in [5.41, 5.74) is 0.351. The van der Waals surface area contributed by atoms with Gasteiger partial charge in [-0.25, -0.2) is 4.39 Å². The van der Waals surface area contributed by atoms with E-state index in [0.717, 1.165) is 6.42 Å². The predicted octanol–water partition coefficient (Wildman–Crippen LogP) is 2.70. The van der Waals surface area contributed by atoms with Crippen LogP contribution in [0.1, 0.15) is 25.3 Å². The minimum atomic E-state index is -1.30. The number of nitrogens with one attached hydrogen (secondary N) is 2. The molecule has 1 atom stereocenters. The molecule has 30 heavy (non-hydrogen) atoms. The first-order chi connectivity index (χ1) is 14.5. The number of pyridine rings is 1. The van der Waals surface area contributed by atoms with Crippen LogP contribution in [-0.2, 0) is 0 Å². The van der Waals surface area contributed by atoms with Crippen LogP contribution in [0.5, 0.6) is 11.5 Å². The monoisotopic (exact) mass is 416 g/mol. The molecule has 1 unspecified atom stereocenters. The number of aliphatic hydroxyl groups is 2. The van der Waals surface area contributed by atoms with Crippen LogP contribution in [0.2, 0.25) is 0 Å². The van der Waals surface area contributed by atoms with Gasteiger partial charge in [-0.3, -0.25) is 10.1 Å². The van der Waals surface area contributed by atoms with Crippen LogP contribution in [0.4, 0.5) is 4.39 Å². The predicted molar refractivity (Wildman–Crippen MR) is 112 cm³/mol. The molecule has 7 nitrogen and oxygen atoms in total. The van der Waals surface area contributed by atoms with E-state index in [1.54, 1.807) is 24.3 Å². The topological polar surface area (TPSA) is 104 Å². The van der Waals surface area contributed by atoms with E-state index in [9.17, 15) is 14.3 Å². The van der Waals surface area contributed by atoms with Crippen molar-refractivity contribution in [2.75, 3.05) is 26.9 Å². The van der Waals surface area contributed by atoms with Crippen LogP contribution in [0.15, 0.2) is 41.2 Å². The van der Waals surface area contributed by atoms with Crippen molar-refractivity contribution >= 4 is 10.9 Å². The lowest BCUT2D eigenvalue weighted by Gasteiger charge is -2.19. The molecule has 0 aliphatic heterocycles. The molecule has 1 aromatic heterocycles. The van der Waals surface area contributed by atoms with Gasteiger partial charge in [0.2, 0.25) is 5.43 Å². The van der Waals surface area contributed by atoms with Gasteiger partial charge in [-0.15, -0.1) is 0 Å². The van der Waals surface area contributed by atoms with Gasteiger partial charge in [0.15, 0.2) is 0 Å². The molecular formula is C22H25FN2O5. The standard InChI is InChI=1S/C22H25FN2O5/c1-3-12-30-16-9-8-15(23)18-19(16)25-20(22(28)24-10-11-26)17(21(18)27)13-4-6-14(29-2)7-5-13/h4-9,22,24,26,28H,3,10-12H2,1-2H3,(H,25,27). The maximum Gasteiger partial charge on any atom is 0.200 e. The largest absolute Gasteiger partial charge is 0.497 e. The van der Waals surface area contributed by atoms with E-state index in [1.807, 2.05) is 6.92 Å². The number of hydrogen-bond acceptors (Lipinski definition) is 6. The SMILES string of the molecule is CCCOc1ccc(F)c2c(=O)c(-c3ccc(OC)cc3)c(C(O)NCCO)[nH]c12. The van der Waals surface area contributed by atoms with Crippen molar-refractivity contribution in [3.8, 4) is 22.6 Å². The van der Waals surface area contributed by atoms with E-state index in [-0.39, 0.29) is 35.3 Å². The number of aromatic amines is 1. The second-order valence-electron chi connectivity index (χ2n) is 6.70. The number of aliphatic hydroxyl groups excluding tert-OH is 2. The van der Waals surface area contributed by atoms with Gasteiger partial charge in [0.05, 0.1) is 42.5 Å². The fourth-order valence-electron chi connectivity index (χ4n) is 3.23. The molecule has 0 radical (unpaired) electrons. The van der Waals surface area contributed by atoms with Gasteiger partial charge < -0.3 is 24.7 Å². The van der Waals surface area contributed by atoms with E-state index in [4.69, 9.17) is 14.6 Å². The summed E-state index contributed by atoms with van der Waals surface area (Å²) in [6, 6.07) is 9.31. The van der Waals surface area contributed by atoms with Crippen LogP contribution < -0.4 is 20.2 Å². The number of rotatable bonds is 9. The molecular weight excluding hydrogens is 391 g/mol. The molecule has 160 valence electrons. The first-order valence-corrected chi connectivity index (χ1v) is 9.69. The van der Waals surface area contributed by atoms with Crippen molar-refractivity contribution in [1.82, 2.24) is 10.3 Å². The van der Waals surface area contributed by atoms with Crippen LogP contribution in [0, 0.1) is 5.82 Å². The smallest absolute Gasteiger partial charge is 0.200 e. The summed E-state index contributed by atoms with van der Waals surface area (Å²) in [6.45, 7) is 2.23. The number of halogens is 1. The van der Waals surface area contributed by atoms with Crippen LogP contribution in [-0.4, -0.2) is 42.1 Å². The lowest BCUT2D eigenvalue weighted by Crippen LogP contribution is -2.27. The zero-order chi connectivity index (χ0) is 21.7. The van der Waals surface area contributed by atoms with E-state index in [2.05, 4.69) is 10.3 Å². The van der Waals surface area contributed by atoms with Crippen molar-refractivity contribution in [3.05, 3.63) is 58.1 Å². The van der Waals surface area contributed by atoms with Crippen molar-refractivity contribution in [2.45, 2.75) is 19.6 Å². The molecule has 0 aliphatic rings. The van der Waals surface area contributed by atoms with E-state index in [0.29, 0.717) is 23.7 Å². The van der Waals surface area contributed by atoms with Crippen molar-refractivity contribution in [3.63, 3.8) is 0 Å². The minimum absolute atomic E-state index is 0.103. The first kappa shape index (κ1) is 21.8. The molecule has 2 aromatic carbocycles. The number of hydrogen-bond donors (Lipinski definition) is 4. The summed E-state index contributed by atoms with van der Waals surface area (Å²) in [4.78, 5) is 16.4. The van der Waals surface area contributed by atoms with Crippen molar-refractivity contribution in [2.24, 2.45) is 0 Å². The molecule has 8 heteroatoms. The number of aromatic nitrogens is 1. The van der Waals surface area contributed by atoms with Crippen LogP contribution >= 0.6 is 0 Å². The first-order valence-electron chi connectivity index (χ1n) is 9.69. The second kappa shape index (κ2) is 9.71. The fourth-order valence-corrected chi connectivity index (χ4v) is 3.23. The highest BCUT2D eigenvalue weighted by Crippen LogP contribution is 2.31. The molecule has 0 aliphatic carbocycles.